The van der Waals surface area contributed by atoms with E-state index in [-0.39, 0.29) is 11.9 Å². The maximum Gasteiger partial charge on any atom is 0.339 e. The van der Waals surface area contributed by atoms with Crippen molar-refractivity contribution in [3.63, 3.8) is 0 Å². The second kappa shape index (κ2) is 9.31. The Balaban J connectivity index is 1.80. The van der Waals surface area contributed by atoms with Gasteiger partial charge in [-0.1, -0.05) is 13.3 Å². The van der Waals surface area contributed by atoms with E-state index in [1.54, 1.807) is 6.92 Å². The number of amides is 1. The van der Waals surface area contributed by atoms with Crippen LogP contribution in [0.3, 0.4) is 0 Å². The first-order valence-corrected chi connectivity index (χ1v) is 10.3. The van der Waals surface area contributed by atoms with Crippen LogP contribution in [0.15, 0.2) is 16.5 Å². The number of rotatable bonds is 8. The third-order valence-corrected chi connectivity index (χ3v) is 5.53. The second-order valence-electron chi connectivity index (χ2n) is 7.64. The number of aromatic amines is 1. The molecule has 2 N–H and O–H groups in total. The molecule has 0 spiro atoms. The average molecular weight is 402 g/mol. The van der Waals surface area contributed by atoms with Gasteiger partial charge in [-0.2, -0.15) is 0 Å². The van der Waals surface area contributed by atoms with E-state index in [1.807, 2.05) is 26.0 Å². The van der Waals surface area contributed by atoms with Gasteiger partial charge < -0.3 is 19.5 Å². The monoisotopic (exact) mass is 401 g/mol. The lowest BCUT2D eigenvalue weighted by Gasteiger charge is -2.26. The van der Waals surface area contributed by atoms with Gasteiger partial charge in [0.1, 0.15) is 17.2 Å². The number of carbonyl (C=O) groups is 2. The van der Waals surface area contributed by atoms with E-state index >= 15 is 0 Å². The molecule has 1 aliphatic rings. The van der Waals surface area contributed by atoms with Crippen LogP contribution in [-0.4, -0.2) is 48.5 Å². The third-order valence-electron chi connectivity index (χ3n) is 5.53. The van der Waals surface area contributed by atoms with Crippen molar-refractivity contribution < 1.29 is 18.7 Å². The fraction of sp³-hybridized carbons (Fsp3) is 0.545. The number of furan rings is 1. The molecule has 1 unspecified atom stereocenters. The summed E-state index contributed by atoms with van der Waals surface area (Å²) in [5.74, 6) is 1.11. The number of carbonyl (C=O) groups excluding carboxylic acids is 2. The summed E-state index contributed by atoms with van der Waals surface area (Å²) in [5, 5.41) is 3.06. The SMILES string of the molecule is CCCc1c(C(=O)NCC(c2ccc(C)o2)N2CCCC2)[nH]c(C)c1C(=O)OC. The van der Waals surface area contributed by atoms with Crippen molar-refractivity contribution in [1.29, 1.82) is 0 Å². The summed E-state index contributed by atoms with van der Waals surface area (Å²) in [6.45, 7) is 8.18. The molecule has 1 atom stereocenters. The Morgan fingerprint density at radius 1 is 1.28 bits per heavy atom. The van der Waals surface area contributed by atoms with Crippen LogP contribution in [0, 0.1) is 13.8 Å². The maximum atomic E-state index is 13.0. The lowest BCUT2D eigenvalue weighted by molar-refractivity contribution is 0.0599. The van der Waals surface area contributed by atoms with Gasteiger partial charge in [-0.25, -0.2) is 4.79 Å². The molecule has 1 fully saturated rings. The molecule has 3 heterocycles. The van der Waals surface area contributed by atoms with Crippen LogP contribution in [0.1, 0.15) is 75.9 Å². The van der Waals surface area contributed by atoms with Gasteiger partial charge in [-0.05, 0) is 63.9 Å². The number of aromatic nitrogens is 1. The normalized spacial score (nSPS) is 15.4. The Bertz CT molecular complexity index is 862. The van der Waals surface area contributed by atoms with Crippen molar-refractivity contribution >= 4 is 11.9 Å². The highest BCUT2D eigenvalue weighted by molar-refractivity contribution is 6.00. The van der Waals surface area contributed by atoms with Crippen molar-refractivity contribution in [3.05, 3.63) is 46.2 Å². The Morgan fingerprint density at radius 2 is 2.00 bits per heavy atom. The van der Waals surface area contributed by atoms with Gasteiger partial charge in [0.05, 0.1) is 18.7 Å². The average Bonchev–Trinajstić information content (AvgIpc) is 3.43. The molecule has 0 bridgehead atoms. The van der Waals surface area contributed by atoms with Crippen LogP contribution >= 0.6 is 0 Å². The molecule has 1 amide bonds. The van der Waals surface area contributed by atoms with E-state index in [4.69, 9.17) is 9.15 Å². The molecule has 29 heavy (non-hydrogen) atoms. The zero-order valence-electron chi connectivity index (χ0n) is 17.8. The van der Waals surface area contributed by atoms with Crippen molar-refractivity contribution in [1.82, 2.24) is 15.2 Å². The molecule has 158 valence electrons. The number of ether oxygens (including phenoxy) is 1. The smallest absolute Gasteiger partial charge is 0.339 e. The fourth-order valence-corrected chi connectivity index (χ4v) is 4.12. The van der Waals surface area contributed by atoms with Gasteiger partial charge in [0, 0.05) is 12.2 Å². The first-order valence-electron chi connectivity index (χ1n) is 10.3. The highest BCUT2D eigenvalue weighted by Gasteiger charge is 2.28. The summed E-state index contributed by atoms with van der Waals surface area (Å²) in [6, 6.07) is 3.94. The van der Waals surface area contributed by atoms with Crippen molar-refractivity contribution in [2.24, 2.45) is 0 Å². The minimum atomic E-state index is -0.415. The summed E-state index contributed by atoms with van der Waals surface area (Å²) in [7, 11) is 1.36. The third kappa shape index (κ3) is 4.56. The first-order chi connectivity index (χ1) is 14.0. The molecule has 7 nitrogen and oxygen atoms in total. The van der Waals surface area contributed by atoms with Gasteiger partial charge in [-0.3, -0.25) is 9.69 Å². The van der Waals surface area contributed by atoms with Crippen LogP contribution in [0.5, 0.6) is 0 Å². The predicted octanol–water partition coefficient (Wildman–Crippen LogP) is 3.53. The van der Waals surface area contributed by atoms with Gasteiger partial charge in [0.25, 0.3) is 5.91 Å². The quantitative estimate of drug-likeness (QED) is 0.661. The van der Waals surface area contributed by atoms with Crippen LogP contribution in [-0.2, 0) is 11.2 Å². The zero-order chi connectivity index (χ0) is 21.0. The number of nitrogens with zero attached hydrogens (tertiary/aromatic N) is 1. The number of likely N-dealkylation sites (tertiary alicyclic amines) is 1. The number of H-pyrrole nitrogens is 1. The number of esters is 1. The highest BCUT2D eigenvalue weighted by atomic mass is 16.5. The molecular formula is C22H31N3O4. The van der Waals surface area contributed by atoms with Gasteiger partial charge in [0.2, 0.25) is 0 Å². The van der Waals surface area contributed by atoms with E-state index in [1.165, 1.54) is 7.11 Å². The molecule has 3 rings (SSSR count). The summed E-state index contributed by atoms with van der Waals surface area (Å²) < 4.78 is 10.8. The minimum absolute atomic E-state index is 0.000844. The number of hydrogen-bond acceptors (Lipinski definition) is 5. The van der Waals surface area contributed by atoms with Crippen molar-refractivity contribution in [2.75, 3.05) is 26.7 Å². The van der Waals surface area contributed by atoms with E-state index in [0.29, 0.717) is 29.9 Å². The van der Waals surface area contributed by atoms with Crippen molar-refractivity contribution in [3.8, 4) is 0 Å². The molecule has 0 aromatic carbocycles. The Hall–Kier alpha value is -2.54. The van der Waals surface area contributed by atoms with E-state index < -0.39 is 5.97 Å². The predicted molar refractivity (Wildman–Crippen MR) is 110 cm³/mol. The molecule has 0 aliphatic carbocycles. The molecule has 0 radical (unpaired) electrons. The zero-order valence-corrected chi connectivity index (χ0v) is 17.8. The number of hydrogen-bond donors (Lipinski definition) is 2. The Labute approximate surface area is 171 Å². The molecule has 7 heteroatoms. The van der Waals surface area contributed by atoms with Crippen LogP contribution in [0.2, 0.25) is 0 Å². The summed E-state index contributed by atoms with van der Waals surface area (Å²) in [4.78, 5) is 30.7. The highest BCUT2D eigenvalue weighted by Crippen LogP contribution is 2.27. The largest absolute Gasteiger partial charge is 0.465 e. The Morgan fingerprint density at radius 3 is 2.59 bits per heavy atom. The standard InChI is InChI=1S/C22H31N3O4/c1-5-8-16-19(22(27)28-4)15(3)24-20(16)21(26)23-13-17(25-11-6-7-12-25)18-10-9-14(2)29-18/h9-10,17,24H,5-8,11-13H2,1-4H3,(H,23,26). The molecule has 2 aromatic heterocycles. The van der Waals surface area contributed by atoms with Crippen LogP contribution < -0.4 is 5.32 Å². The lowest BCUT2D eigenvalue weighted by atomic mass is 10.0. The van der Waals surface area contributed by atoms with E-state index in [9.17, 15) is 9.59 Å². The maximum absolute atomic E-state index is 13.0. The summed E-state index contributed by atoms with van der Waals surface area (Å²) in [5.41, 5.74) is 2.29. The summed E-state index contributed by atoms with van der Waals surface area (Å²) >= 11 is 0. The summed E-state index contributed by atoms with van der Waals surface area (Å²) in [6.07, 6.45) is 3.76. The van der Waals surface area contributed by atoms with Gasteiger partial charge in [0.15, 0.2) is 0 Å². The second-order valence-corrected chi connectivity index (χ2v) is 7.64. The van der Waals surface area contributed by atoms with Crippen LogP contribution in [0.4, 0.5) is 0 Å². The topological polar surface area (TPSA) is 87.6 Å². The number of nitrogens with one attached hydrogen (secondary N) is 2. The molecule has 1 saturated heterocycles. The van der Waals surface area contributed by atoms with Crippen LogP contribution in [0.25, 0.3) is 0 Å². The fourth-order valence-electron chi connectivity index (χ4n) is 4.12. The molecule has 2 aromatic rings. The Kier molecular flexibility index (Phi) is 6.79. The number of methoxy groups -OCH3 is 1. The van der Waals surface area contributed by atoms with E-state index in [2.05, 4.69) is 15.2 Å². The first kappa shape index (κ1) is 21.2. The lowest BCUT2D eigenvalue weighted by Crippen LogP contribution is -2.37. The van der Waals surface area contributed by atoms with Crippen molar-refractivity contribution in [2.45, 2.75) is 52.5 Å². The number of aryl methyl sites for hydroxylation is 2. The van der Waals surface area contributed by atoms with Gasteiger partial charge >= 0.3 is 5.97 Å². The van der Waals surface area contributed by atoms with Gasteiger partial charge in [-0.15, -0.1) is 0 Å². The molecule has 1 aliphatic heterocycles. The minimum Gasteiger partial charge on any atom is -0.465 e. The molecule has 0 saturated carbocycles. The molecular weight excluding hydrogens is 370 g/mol. The van der Waals surface area contributed by atoms with E-state index in [0.717, 1.165) is 49.4 Å².